The first-order valence-corrected chi connectivity index (χ1v) is 7.70. The number of amides is 1. The van der Waals surface area contributed by atoms with Gasteiger partial charge in [0.15, 0.2) is 0 Å². The van der Waals surface area contributed by atoms with Crippen LogP contribution in [0.4, 0.5) is 0 Å². The van der Waals surface area contributed by atoms with E-state index in [-0.39, 0.29) is 18.4 Å². The molecule has 1 amide bonds. The fraction of sp³-hybridized carbons (Fsp3) is 0.533. The molecule has 1 unspecified atom stereocenters. The molecule has 1 aromatic rings. The van der Waals surface area contributed by atoms with Crippen molar-refractivity contribution in [2.75, 3.05) is 20.2 Å². The minimum Gasteiger partial charge on any atom is -0.388 e. The zero-order valence-corrected chi connectivity index (χ0v) is 13.4. The number of halogens is 2. The van der Waals surface area contributed by atoms with Crippen molar-refractivity contribution in [3.05, 3.63) is 33.8 Å². The van der Waals surface area contributed by atoms with Crippen LogP contribution in [0.2, 0.25) is 10.0 Å². The van der Waals surface area contributed by atoms with Gasteiger partial charge in [-0.3, -0.25) is 4.79 Å². The van der Waals surface area contributed by atoms with Crippen LogP contribution in [0.1, 0.15) is 30.9 Å². The van der Waals surface area contributed by atoms with E-state index in [1.807, 2.05) is 0 Å². The van der Waals surface area contributed by atoms with E-state index in [4.69, 9.17) is 27.9 Å². The van der Waals surface area contributed by atoms with Gasteiger partial charge in [-0.15, -0.1) is 0 Å². The highest BCUT2D eigenvalue weighted by Crippen LogP contribution is 2.26. The molecule has 1 aliphatic heterocycles. The van der Waals surface area contributed by atoms with Crippen molar-refractivity contribution in [1.29, 1.82) is 0 Å². The van der Waals surface area contributed by atoms with E-state index in [1.165, 1.54) is 0 Å². The molecule has 1 saturated heterocycles. The van der Waals surface area contributed by atoms with Gasteiger partial charge >= 0.3 is 0 Å². The maximum absolute atomic E-state index is 12.2. The van der Waals surface area contributed by atoms with Crippen LogP contribution < -0.4 is 0 Å². The summed E-state index contributed by atoms with van der Waals surface area (Å²) >= 11 is 11.8. The van der Waals surface area contributed by atoms with Crippen molar-refractivity contribution in [3.8, 4) is 0 Å². The highest BCUT2D eigenvalue weighted by Gasteiger charge is 2.24. The number of piperidine rings is 1. The van der Waals surface area contributed by atoms with Crippen molar-refractivity contribution in [1.82, 2.24) is 4.90 Å². The zero-order chi connectivity index (χ0) is 15.4. The van der Waals surface area contributed by atoms with Crippen LogP contribution in [-0.4, -0.2) is 42.2 Å². The summed E-state index contributed by atoms with van der Waals surface area (Å²) in [5.74, 6) is -0.0619. The molecule has 0 radical (unpaired) electrons. The van der Waals surface area contributed by atoms with Gasteiger partial charge in [-0.1, -0.05) is 23.2 Å². The summed E-state index contributed by atoms with van der Waals surface area (Å²) in [5, 5.41) is 11.1. The van der Waals surface area contributed by atoms with Gasteiger partial charge in [0, 0.05) is 30.2 Å². The standard InChI is InChI=1S/C15H19Cl2NO3/c1-21-13-2-4-18(5-3-13)15(20)9-14(19)10-6-11(16)8-12(17)7-10/h6-8,13-14,19H,2-5,9H2,1H3. The highest BCUT2D eigenvalue weighted by molar-refractivity contribution is 6.34. The minimum atomic E-state index is -0.895. The second-order valence-electron chi connectivity index (χ2n) is 5.24. The molecular formula is C15H19Cl2NO3. The summed E-state index contributed by atoms with van der Waals surface area (Å²) in [4.78, 5) is 14.0. The lowest BCUT2D eigenvalue weighted by molar-refractivity contribution is -0.135. The average Bonchev–Trinajstić information content (AvgIpc) is 2.46. The number of nitrogens with zero attached hydrogens (tertiary/aromatic N) is 1. The second-order valence-corrected chi connectivity index (χ2v) is 6.11. The molecule has 1 aromatic carbocycles. The van der Waals surface area contributed by atoms with E-state index < -0.39 is 6.10 Å². The third kappa shape index (κ3) is 4.58. The summed E-state index contributed by atoms with van der Waals surface area (Å²) in [6.07, 6.45) is 1.04. The molecule has 1 atom stereocenters. The van der Waals surface area contributed by atoms with E-state index >= 15 is 0 Å². The lowest BCUT2D eigenvalue weighted by atomic mass is 10.0. The summed E-state index contributed by atoms with van der Waals surface area (Å²) in [5.41, 5.74) is 0.563. The molecule has 0 bridgehead atoms. The Morgan fingerprint density at radius 3 is 2.43 bits per heavy atom. The Labute approximate surface area is 134 Å². The summed E-state index contributed by atoms with van der Waals surface area (Å²) in [7, 11) is 1.69. The van der Waals surface area contributed by atoms with Crippen molar-refractivity contribution in [3.63, 3.8) is 0 Å². The lowest BCUT2D eigenvalue weighted by Gasteiger charge is -2.31. The smallest absolute Gasteiger partial charge is 0.225 e. The molecule has 0 saturated carbocycles. The van der Waals surface area contributed by atoms with E-state index in [2.05, 4.69) is 0 Å². The molecule has 1 heterocycles. The number of aliphatic hydroxyl groups is 1. The number of hydrogen-bond acceptors (Lipinski definition) is 3. The number of rotatable bonds is 4. The van der Waals surface area contributed by atoms with Crippen LogP contribution in [0.5, 0.6) is 0 Å². The Hall–Kier alpha value is -0.810. The van der Waals surface area contributed by atoms with Crippen LogP contribution in [0, 0.1) is 0 Å². The number of likely N-dealkylation sites (tertiary alicyclic amines) is 1. The number of aliphatic hydroxyl groups excluding tert-OH is 1. The lowest BCUT2D eigenvalue weighted by Crippen LogP contribution is -2.41. The SMILES string of the molecule is COC1CCN(C(=O)CC(O)c2cc(Cl)cc(Cl)c2)CC1. The Bertz CT molecular complexity index is 481. The predicted octanol–water partition coefficient (Wildman–Crippen LogP) is 3.05. The fourth-order valence-electron chi connectivity index (χ4n) is 2.52. The topological polar surface area (TPSA) is 49.8 Å². The first-order chi connectivity index (χ1) is 9.99. The number of methoxy groups -OCH3 is 1. The first kappa shape index (κ1) is 16.6. The normalized spacial score (nSPS) is 17.8. The van der Waals surface area contributed by atoms with Crippen molar-refractivity contribution in [2.24, 2.45) is 0 Å². The van der Waals surface area contributed by atoms with Crippen LogP contribution in [0.25, 0.3) is 0 Å². The van der Waals surface area contributed by atoms with Gasteiger partial charge in [-0.05, 0) is 36.6 Å². The molecular weight excluding hydrogens is 313 g/mol. The summed E-state index contributed by atoms with van der Waals surface area (Å²) < 4.78 is 5.28. The number of ether oxygens (including phenoxy) is 1. The quantitative estimate of drug-likeness (QED) is 0.922. The Kier molecular flexibility index (Phi) is 5.88. The second kappa shape index (κ2) is 7.45. The van der Waals surface area contributed by atoms with Crippen LogP contribution in [-0.2, 0) is 9.53 Å². The van der Waals surface area contributed by atoms with E-state index in [0.717, 1.165) is 12.8 Å². The maximum Gasteiger partial charge on any atom is 0.225 e. The molecule has 0 aromatic heterocycles. The van der Waals surface area contributed by atoms with Crippen molar-refractivity contribution < 1.29 is 14.6 Å². The Morgan fingerprint density at radius 1 is 1.33 bits per heavy atom. The zero-order valence-electron chi connectivity index (χ0n) is 11.9. The third-order valence-electron chi connectivity index (χ3n) is 3.77. The molecule has 2 rings (SSSR count). The maximum atomic E-state index is 12.2. The monoisotopic (exact) mass is 331 g/mol. The minimum absolute atomic E-state index is 0.0360. The molecule has 0 aliphatic carbocycles. The van der Waals surface area contributed by atoms with Gasteiger partial charge in [0.25, 0.3) is 0 Å². The molecule has 1 aliphatic rings. The molecule has 0 spiro atoms. The van der Waals surface area contributed by atoms with Gasteiger partial charge in [0.2, 0.25) is 5.91 Å². The van der Waals surface area contributed by atoms with Gasteiger partial charge in [-0.2, -0.15) is 0 Å². The first-order valence-electron chi connectivity index (χ1n) is 6.94. The third-order valence-corrected chi connectivity index (χ3v) is 4.20. The van der Waals surface area contributed by atoms with Gasteiger partial charge in [0.05, 0.1) is 18.6 Å². The fourth-order valence-corrected chi connectivity index (χ4v) is 3.06. The number of carbonyl (C=O) groups is 1. The summed E-state index contributed by atoms with van der Waals surface area (Å²) in [6, 6.07) is 4.85. The van der Waals surface area contributed by atoms with Gasteiger partial charge < -0.3 is 14.7 Å². The van der Waals surface area contributed by atoms with Gasteiger partial charge in [-0.25, -0.2) is 0 Å². The van der Waals surface area contributed by atoms with Crippen molar-refractivity contribution in [2.45, 2.75) is 31.5 Å². The number of benzene rings is 1. The number of carbonyl (C=O) groups excluding carboxylic acids is 1. The molecule has 4 nitrogen and oxygen atoms in total. The largest absolute Gasteiger partial charge is 0.388 e. The van der Waals surface area contributed by atoms with Crippen LogP contribution >= 0.6 is 23.2 Å². The van der Waals surface area contributed by atoms with Gasteiger partial charge in [0.1, 0.15) is 0 Å². The molecule has 1 N–H and O–H groups in total. The molecule has 6 heteroatoms. The van der Waals surface area contributed by atoms with E-state index in [9.17, 15) is 9.90 Å². The average molecular weight is 332 g/mol. The summed E-state index contributed by atoms with van der Waals surface area (Å²) in [6.45, 7) is 1.33. The number of hydrogen-bond donors (Lipinski definition) is 1. The van der Waals surface area contributed by atoms with Crippen LogP contribution in [0.15, 0.2) is 18.2 Å². The van der Waals surface area contributed by atoms with Crippen LogP contribution in [0.3, 0.4) is 0 Å². The predicted molar refractivity (Wildman–Crippen MR) is 82.6 cm³/mol. The van der Waals surface area contributed by atoms with Crippen molar-refractivity contribution >= 4 is 29.1 Å². The molecule has 116 valence electrons. The molecule has 21 heavy (non-hydrogen) atoms. The van der Waals surface area contributed by atoms with E-state index in [1.54, 1.807) is 30.2 Å². The molecule has 1 fully saturated rings. The van der Waals surface area contributed by atoms with E-state index in [0.29, 0.717) is 28.7 Å². The Morgan fingerprint density at radius 2 is 1.90 bits per heavy atom. The highest BCUT2D eigenvalue weighted by atomic mass is 35.5. The Balaban J connectivity index is 1.93.